The van der Waals surface area contributed by atoms with E-state index in [2.05, 4.69) is 12.1 Å². The molecule has 0 bridgehead atoms. The van der Waals surface area contributed by atoms with E-state index in [1.165, 1.54) is 4.57 Å². The van der Waals surface area contributed by atoms with E-state index in [0.29, 0.717) is 5.75 Å². The molecule has 0 saturated carbocycles. The van der Waals surface area contributed by atoms with Crippen molar-refractivity contribution in [3.05, 3.63) is 59.2 Å². The fourth-order valence-electron chi connectivity index (χ4n) is 3.01. The molecule has 6 nitrogen and oxygen atoms in total. The molecule has 0 saturated heterocycles. The molecular weight excluding hydrogens is 302 g/mol. The van der Waals surface area contributed by atoms with Crippen LogP contribution in [-0.4, -0.2) is 29.5 Å². The average Bonchev–Trinajstić information content (AvgIpc) is 2.58. The van der Waals surface area contributed by atoms with Crippen molar-refractivity contribution in [3.8, 4) is 5.75 Å². The third-order valence-electron chi connectivity index (χ3n) is 4.33. The standard InChI is InChI=1S/C18H23N5O/c1-22(2)18(21)23-11-12(7-10-17(23)20)24-16-9-8-15(19)13-5-3-4-6-14(13)16/h3-7,10-11,15-16,20-21H,8-9,19H2,1-2H3/t15-,16+/m0/s1. The van der Waals surface area contributed by atoms with Gasteiger partial charge in [-0.1, -0.05) is 24.3 Å². The summed E-state index contributed by atoms with van der Waals surface area (Å²) in [7, 11) is 3.56. The predicted molar refractivity (Wildman–Crippen MR) is 93.1 cm³/mol. The molecule has 4 N–H and O–H groups in total. The summed E-state index contributed by atoms with van der Waals surface area (Å²) in [5.74, 6) is 0.865. The van der Waals surface area contributed by atoms with Crippen LogP contribution in [0.5, 0.6) is 5.75 Å². The van der Waals surface area contributed by atoms with Gasteiger partial charge in [-0.2, -0.15) is 0 Å². The Labute approximate surface area is 141 Å². The Balaban J connectivity index is 1.90. The SMILES string of the molecule is CN(C)C(=N)n1cc(O[C@@H]2CC[C@H](N)c3ccccc32)ccc1=N. The molecule has 0 spiro atoms. The topological polar surface area (TPSA) is 91.1 Å². The minimum atomic E-state index is -0.0560. The van der Waals surface area contributed by atoms with E-state index in [-0.39, 0.29) is 23.6 Å². The van der Waals surface area contributed by atoms with E-state index in [0.717, 1.165) is 24.0 Å². The molecular formula is C18H23N5O. The molecule has 126 valence electrons. The van der Waals surface area contributed by atoms with E-state index >= 15 is 0 Å². The van der Waals surface area contributed by atoms with Gasteiger partial charge in [-0.3, -0.25) is 15.4 Å². The third-order valence-corrected chi connectivity index (χ3v) is 4.33. The summed E-state index contributed by atoms with van der Waals surface area (Å²) in [5, 5.41) is 16.1. The minimum absolute atomic E-state index is 0.0560. The largest absolute Gasteiger partial charge is 0.484 e. The van der Waals surface area contributed by atoms with Gasteiger partial charge in [0.1, 0.15) is 17.3 Å². The van der Waals surface area contributed by atoms with Gasteiger partial charge in [0.15, 0.2) is 0 Å². The van der Waals surface area contributed by atoms with Gasteiger partial charge in [0.2, 0.25) is 5.96 Å². The molecule has 2 aromatic rings. The van der Waals surface area contributed by atoms with Crippen LogP contribution in [-0.2, 0) is 0 Å². The van der Waals surface area contributed by atoms with E-state index in [4.69, 9.17) is 21.3 Å². The van der Waals surface area contributed by atoms with E-state index in [1.54, 1.807) is 37.3 Å². The van der Waals surface area contributed by atoms with Gasteiger partial charge in [-0.15, -0.1) is 0 Å². The van der Waals surface area contributed by atoms with Crippen LogP contribution < -0.4 is 16.0 Å². The van der Waals surface area contributed by atoms with Crippen LogP contribution in [0.2, 0.25) is 0 Å². The summed E-state index contributed by atoms with van der Waals surface area (Å²) in [4.78, 5) is 1.65. The van der Waals surface area contributed by atoms with Gasteiger partial charge < -0.3 is 15.4 Å². The molecule has 0 unspecified atom stereocenters. The molecule has 1 aliphatic carbocycles. The molecule has 0 fully saturated rings. The molecule has 1 heterocycles. The van der Waals surface area contributed by atoms with Crippen molar-refractivity contribution in [1.29, 1.82) is 10.8 Å². The van der Waals surface area contributed by atoms with Gasteiger partial charge in [0.05, 0.1) is 6.20 Å². The van der Waals surface area contributed by atoms with Crippen molar-refractivity contribution in [2.24, 2.45) is 5.73 Å². The van der Waals surface area contributed by atoms with Crippen LogP contribution in [0.4, 0.5) is 0 Å². The lowest BCUT2D eigenvalue weighted by atomic mass is 9.86. The van der Waals surface area contributed by atoms with Crippen LogP contribution in [0.3, 0.4) is 0 Å². The maximum absolute atomic E-state index is 8.08. The number of fused-ring (bicyclic) bond motifs is 1. The number of benzene rings is 1. The van der Waals surface area contributed by atoms with Gasteiger partial charge >= 0.3 is 0 Å². The quantitative estimate of drug-likeness (QED) is 0.584. The number of nitrogens with one attached hydrogen (secondary N) is 2. The van der Waals surface area contributed by atoms with Gasteiger partial charge in [0.25, 0.3) is 0 Å². The zero-order chi connectivity index (χ0) is 17.3. The second-order valence-electron chi connectivity index (χ2n) is 6.26. The first-order chi connectivity index (χ1) is 11.5. The Bertz CT molecular complexity index is 811. The smallest absolute Gasteiger partial charge is 0.203 e. The van der Waals surface area contributed by atoms with Gasteiger partial charge in [-0.05, 0) is 36.1 Å². The van der Waals surface area contributed by atoms with Gasteiger partial charge in [-0.25, -0.2) is 0 Å². The Morgan fingerprint density at radius 1 is 1.17 bits per heavy atom. The van der Waals surface area contributed by atoms with Crippen molar-refractivity contribution >= 4 is 5.96 Å². The van der Waals surface area contributed by atoms with Crippen molar-refractivity contribution in [1.82, 2.24) is 9.47 Å². The predicted octanol–water partition coefficient (Wildman–Crippen LogP) is 2.23. The number of pyridine rings is 1. The first-order valence-corrected chi connectivity index (χ1v) is 8.02. The lowest BCUT2D eigenvalue weighted by Gasteiger charge is -2.30. The van der Waals surface area contributed by atoms with Crippen molar-refractivity contribution < 1.29 is 4.74 Å². The molecule has 1 aliphatic rings. The van der Waals surface area contributed by atoms with Crippen molar-refractivity contribution in [2.45, 2.75) is 25.0 Å². The Hall–Kier alpha value is -2.60. The van der Waals surface area contributed by atoms with Crippen LogP contribution in [0, 0.1) is 10.8 Å². The zero-order valence-corrected chi connectivity index (χ0v) is 14.0. The molecule has 1 aromatic heterocycles. The Morgan fingerprint density at radius 2 is 1.88 bits per heavy atom. The molecule has 0 radical (unpaired) electrons. The number of ether oxygens (including phenoxy) is 1. The second-order valence-corrected chi connectivity index (χ2v) is 6.26. The second kappa shape index (κ2) is 6.49. The average molecular weight is 325 g/mol. The fourth-order valence-corrected chi connectivity index (χ4v) is 3.01. The lowest BCUT2D eigenvalue weighted by Crippen LogP contribution is -2.35. The minimum Gasteiger partial charge on any atom is -0.484 e. The number of rotatable bonds is 2. The molecule has 6 heteroatoms. The third kappa shape index (κ3) is 3.05. The summed E-state index contributed by atoms with van der Waals surface area (Å²) >= 11 is 0. The van der Waals surface area contributed by atoms with E-state index < -0.39 is 0 Å². The summed E-state index contributed by atoms with van der Waals surface area (Å²) in [6.45, 7) is 0. The van der Waals surface area contributed by atoms with Crippen molar-refractivity contribution in [2.75, 3.05) is 14.1 Å². The number of hydrogen-bond acceptors (Lipinski definition) is 4. The highest BCUT2D eigenvalue weighted by atomic mass is 16.5. The highest BCUT2D eigenvalue weighted by Crippen LogP contribution is 2.37. The number of nitrogens with zero attached hydrogens (tertiary/aromatic N) is 2. The monoisotopic (exact) mass is 325 g/mol. The first-order valence-electron chi connectivity index (χ1n) is 8.02. The lowest BCUT2D eigenvalue weighted by molar-refractivity contribution is 0.176. The number of hydrogen-bond donors (Lipinski definition) is 3. The molecule has 0 aliphatic heterocycles. The summed E-state index contributed by atoms with van der Waals surface area (Å²) < 4.78 is 7.68. The maximum atomic E-state index is 8.08. The van der Waals surface area contributed by atoms with E-state index in [1.807, 2.05) is 12.1 Å². The Morgan fingerprint density at radius 3 is 2.58 bits per heavy atom. The fraction of sp³-hybridized carbons (Fsp3) is 0.333. The normalized spacial score (nSPS) is 19.5. The van der Waals surface area contributed by atoms with Crippen LogP contribution in [0.25, 0.3) is 0 Å². The first kappa shape index (κ1) is 16.3. The van der Waals surface area contributed by atoms with Crippen LogP contribution in [0.1, 0.15) is 36.1 Å². The van der Waals surface area contributed by atoms with Gasteiger partial charge in [0, 0.05) is 20.1 Å². The van der Waals surface area contributed by atoms with Crippen LogP contribution in [0.15, 0.2) is 42.6 Å². The van der Waals surface area contributed by atoms with E-state index in [9.17, 15) is 0 Å². The molecule has 0 amide bonds. The number of nitrogens with two attached hydrogens (primary N) is 1. The Kier molecular flexibility index (Phi) is 4.40. The molecule has 2 atom stereocenters. The van der Waals surface area contributed by atoms with Crippen molar-refractivity contribution in [3.63, 3.8) is 0 Å². The summed E-state index contributed by atoms with van der Waals surface area (Å²) in [6.07, 6.45) is 3.37. The maximum Gasteiger partial charge on any atom is 0.203 e. The molecule has 1 aromatic carbocycles. The summed E-state index contributed by atoms with van der Waals surface area (Å²) in [6, 6.07) is 11.6. The molecule has 24 heavy (non-hydrogen) atoms. The zero-order valence-electron chi connectivity index (χ0n) is 14.0. The van der Waals surface area contributed by atoms with Crippen LogP contribution >= 0.6 is 0 Å². The molecule has 3 rings (SSSR count). The summed E-state index contributed by atoms with van der Waals surface area (Å²) in [5.41, 5.74) is 8.71. The highest BCUT2D eigenvalue weighted by molar-refractivity contribution is 5.78. The number of aromatic nitrogens is 1. The highest BCUT2D eigenvalue weighted by Gasteiger charge is 2.26.